The predicted octanol–water partition coefficient (Wildman–Crippen LogP) is 5.53. The average Bonchev–Trinajstić information content (AvgIpc) is 2.83. The summed E-state index contributed by atoms with van der Waals surface area (Å²) in [6, 6.07) is 30.4. The van der Waals surface area contributed by atoms with Crippen molar-refractivity contribution in [2.75, 3.05) is 5.32 Å². The molecule has 3 aromatic carbocycles. The van der Waals surface area contributed by atoms with E-state index >= 15 is 0 Å². The monoisotopic (exact) mass is 403 g/mol. The van der Waals surface area contributed by atoms with Gasteiger partial charge in [0.2, 0.25) is 5.95 Å². The van der Waals surface area contributed by atoms with Crippen molar-refractivity contribution in [1.82, 2.24) is 14.5 Å². The van der Waals surface area contributed by atoms with Gasteiger partial charge in [-0.1, -0.05) is 72.8 Å². The molecule has 0 unspecified atom stereocenters. The van der Waals surface area contributed by atoms with E-state index in [4.69, 9.17) is 5.41 Å². The SMILES string of the molecule is Cn1c(=N)c(-c2ccc(-c3ccccc3)cc2)cc2cnc(Nc3ccccc3)nc21. The number of anilines is 2. The Kier molecular flexibility index (Phi) is 4.77. The Morgan fingerprint density at radius 2 is 1.39 bits per heavy atom. The van der Waals surface area contributed by atoms with Gasteiger partial charge in [0.1, 0.15) is 11.1 Å². The zero-order chi connectivity index (χ0) is 21.2. The van der Waals surface area contributed by atoms with Gasteiger partial charge in [-0.3, -0.25) is 5.41 Å². The van der Waals surface area contributed by atoms with E-state index in [0.29, 0.717) is 17.1 Å². The highest BCUT2D eigenvalue weighted by Gasteiger charge is 2.10. The van der Waals surface area contributed by atoms with Crippen LogP contribution in [-0.2, 0) is 7.05 Å². The van der Waals surface area contributed by atoms with E-state index in [1.807, 2.05) is 61.6 Å². The first-order valence-electron chi connectivity index (χ1n) is 10.1. The molecule has 5 rings (SSSR count). The van der Waals surface area contributed by atoms with Crippen LogP contribution in [0.25, 0.3) is 33.3 Å². The molecule has 2 N–H and O–H groups in total. The van der Waals surface area contributed by atoms with Crippen molar-refractivity contribution in [2.45, 2.75) is 0 Å². The van der Waals surface area contributed by atoms with Gasteiger partial charge in [-0.25, -0.2) is 4.98 Å². The van der Waals surface area contributed by atoms with Crippen molar-refractivity contribution in [3.05, 3.63) is 103 Å². The maximum absolute atomic E-state index is 8.71. The standard InChI is InChI=1S/C26H21N5/c1-31-24(27)23(20-14-12-19(13-15-20)18-8-4-2-5-9-18)16-21-17-28-26(30-25(21)31)29-22-10-6-3-7-11-22/h2-17,27H,1H3,(H,28,29,30). The molecule has 0 fully saturated rings. The first-order valence-corrected chi connectivity index (χ1v) is 10.1. The molecule has 0 radical (unpaired) electrons. The lowest BCUT2D eigenvalue weighted by atomic mass is 10.0. The minimum atomic E-state index is 0.407. The highest BCUT2D eigenvalue weighted by atomic mass is 15.1. The summed E-state index contributed by atoms with van der Waals surface area (Å²) in [5.41, 5.74) is 6.21. The number of aryl methyl sites for hydroxylation is 1. The fourth-order valence-electron chi connectivity index (χ4n) is 3.67. The summed E-state index contributed by atoms with van der Waals surface area (Å²) < 4.78 is 1.80. The van der Waals surface area contributed by atoms with Crippen LogP contribution in [0.1, 0.15) is 0 Å². The minimum Gasteiger partial charge on any atom is -0.324 e. The molecular formula is C26H21N5. The van der Waals surface area contributed by atoms with E-state index < -0.39 is 0 Å². The fraction of sp³-hybridized carbons (Fsp3) is 0.0385. The number of rotatable bonds is 4. The normalized spacial score (nSPS) is 10.9. The van der Waals surface area contributed by atoms with E-state index in [2.05, 4.69) is 51.7 Å². The highest BCUT2D eigenvalue weighted by molar-refractivity contribution is 5.82. The van der Waals surface area contributed by atoms with E-state index in [1.165, 1.54) is 5.56 Å². The van der Waals surface area contributed by atoms with Gasteiger partial charge in [-0.05, 0) is 34.9 Å². The van der Waals surface area contributed by atoms with E-state index in [-0.39, 0.29) is 0 Å². The fourth-order valence-corrected chi connectivity index (χ4v) is 3.67. The van der Waals surface area contributed by atoms with Crippen LogP contribution in [0.4, 0.5) is 11.6 Å². The molecule has 0 atom stereocenters. The van der Waals surface area contributed by atoms with Gasteiger partial charge in [-0.15, -0.1) is 0 Å². The molecule has 5 aromatic rings. The van der Waals surface area contributed by atoms with Crippen molar-refractivity contribution >= 4 is 22.7 Å². The highest BCUT2D eigenvalue weighted by Crippen LogP contribution is 2.25. The number of fused-ring (bicyclic) bond motifs is 1. The number of pyridine rings is 1. The molecule has 5 nitrogen and oxygen atoms in total. The molecule has 0 saturated carbocycles. The van der Waals surface area contributed by atoms with Gasteiger partial charge in [0.15, 0.2) is 0 Å². The lowest BCUT2D eigenvalue weighted by Crippen LogP contribution is -2.20. The summed E-state index contributed by atoms with van der Waals surface area (Å²) in [4.78, 5) is 9.10. The predicted molar refractivity (Wildman–Crippen MR) is 125 cm³/mol. The van der Waals surface area contributed by atoms with Crippen molar-refractivity contribution in [3.8, 4) is 22.3 Å². The second-order valence-electron chi connectivity index (χ2n) is 7.37. The maximum Gasteiger partial charge on any atom is 0.229 e. The number of hydrogen-bond donors (Lipinski definition) is 2. The molecule has 2 heterocycles. The summed E-state index contributed by atoms with van der Waals surface area (Å²) in [5.74, 6) is 0.508. The third-order valence-corrected chi connectivity index (χ3v) is 5.34. The molecule has 2 aromatic heterocycles. The molecule has 31 heavy (non-hydrogen) atoms. The lowest BCUT2D eigenvalue weighted by Gasteiger charge is -2.12. The zero-order valence-electron chi connectivity index (χ0n) is 17.1. The largest absolute Gasteiger partial charge is 0.324 e. The quantitative estimate of drug-likeness (QED) is 0.415. The van der Waals surface area contributed by atoms with Gasteiger partial charge in [0.05, 0.1) is 0 Å². The van der Waals surface area contributed by atoms with Crippen LogP contribution in [0.2, 0.25) is 0 Å². The molecule has 0 amide bonds. The van der Waals surface area contributed by atoms with Gasteiger partial charge in [0, 0.05) is 29.9 Å². The Morgan fingerprint density at radius 1 is 0.774 bits per heavy atom. The number of benzene rings is 3. The Morgan fingerprint density at radius 3 is 2.10 bits per heavy atom. The van der Waals surface area contributed by atoms with Crippen LogP contribution in [0.5, 0.6) is 0 Å². The molecular weight excluding hydrogens is 382 g/mol. The molecule has 150 valence electrons. The van der Waals surface area contributed by atoms with Crippen LogP contribution in [0.3, 0.4) is 0 Å². The first-order chi connectivity index (χ1) is 15.2. The summed E-state index contributed by atoms with van der Waals surface area (Å²) in [6.45, 7) is 0. The third-order valence-electron chi connectivity index (χ3n) is 5.34. The van der Waals surface area contributed by atoms with E-state index in [1.54, 1.807) is 10.8 Å². The minimum absolute atomic E-state index is 0.407. The van der Waals surface area contributed by atoms with Gasteiger partial charge in [-0.2, -0.15) is 4.98 Å². The zero-order valence-corrected chi connectivity index (χ0v) is 17.1. The Balaban J connectivity index is 1.52. The summed E-state index contributed by atoms with van der Waals surface area (Å²) in [7, 11) is 1.87. The van der Waals surface area contributed by atoms with Crippen LogP contribution in [0, 0.1) is 5.41 Å². The summed E-state index contributed by atoms with van der Waals surface area (Å²) >= 11 is 0. The second-order valence-corrected chi connectivity index (χ2v) is 7.37. The number of para-hydroxylation sites is 1. The van der Waals surface area contributed by atoms with Gasteiger partial charge >= 0.3 is 0 Å². The van der Waals surface area contributed by atoms with Crippen LogP contribution in [0.15, 0.2) is 97.2 Å². The molecule has 0 spiro atoms. The van der Waals surface area contributed by atoms with Crippen molar-refractivity contribution < 1.29 is 0 Å². The number of nitrogens with one attached hydrogen (secondary N) is 2. The molecule has 0 aliphatic rings. The topological polar surface area (TPSA) is 66.6 Å². The maximum atomic E-state index is 8.71. The van der Waals surface area contributed by atoms with E-state index in [0.717, 1.165) is 27.8 Å². The van der Waals surface area contributed by atoms with Crippen LogP contribution in [-0.4, -0.2) is 14.5 Å². The first kappa shape index (κ1) is 18.8. The Labute approximate surface area is 180 Å². The second kappa shape index (κ2) is 7.88. The molecule has 0 saturated heterocycles. The lowest BCUT2D eigenvalue weighted by molar-refractivity contribution is 0.843. The molecule has 0 aliphatic heterocycles. The van der Waals surface area contributed by atoms with Crippen molar-refractivity contribution in [3.63, 3.8) is 0 Å². The van der Waals surface area contributed by atoms with Crippen molar-refractivity contribution in [2.24, 2.45) is 7.05 Å². The van der Waals surface area contributed by atoms with Gasteiger partial charge in [0.25, 0.3) is 0 Å². The van der Waals surface area contributed by atoms with E-state index in [9.17, 15) is 0 Å². The molecule has 0 bridgehead atoms. The van der Waals surface area contributed by atoms with Crippen molar-refractivity contribution in [1.29, 1.82) is 5.41 Å². The third kappa shape index (κ3) is 3.69. The van der Waals surface area contributed by atoms with Crippen LogP contribution < -0.4 is 10.8 Å². The summed E-state index contributed by atoms with van der Waals surface area (Å²) in [5, 5.41) is 12.8. The van der Waals surface area contributed by atoms with Gasteiger partial charge < -0.3 is 9.88 Å². The molecule has 5 heteroatoms. The summed E-state index contributed by atoms with van der Waals surface area (Å²) in [6.07, 6.45) is 1.80. The average molecular weight is 403 g/mol. The molecule has 0 aliphatic carbocycles. The Hall–Kier alpha value is -4.25. The number of nitrogens with zero attached hydrogens (tertiary/aromatic N) is 3. The van der Waals surface area contributed by atoms with Crippen LogP contribution >= 0.6 is 0 Å². The smallest absolute Gasteiger partial charge is 0.229 e. The number of aromatic nitrogens is 3. The number of hydrogen-bond acceptors (Lipinski definition) is 4. The Bertz CT molecular complexity index is 1410.